The average Bonchev–Trinajstić information content (AvgIpc) is 2.73. The quantitative estimate of drug-likeness (QED) is 0.902. The van der Waals surface area contributed by atoms with Crippen LogP contribution in [-0.4, -0.2) is 45.0 Å². The molecule has 19 heavy (non-hydrogen) atoms. The van der Waals surface area contributed by atoms with E-state index in [-0.39, 0.29) is 19.2 Å². The van der Waals surface area contributed by atoms with Crippen LogP contribution in [-0.2, 0) is 6.54 Å². The van der Waals surface area contributed by atoms with Crippen molar-refractivity contribution >= 4 is 12.4 Å². The first-order valence-corrected chi connectivity index (χ1v) is 6.15. The van der Waals surface area contributed by atoms with Crippen molar-refractivity contribution in [3.63, 3.8) is 0 Å². The Balaban J connectivity index is 0.00000133. The molecule has 1 saturated heterocycles. The third-order valence-corrected chi connectivity index (χ3v) is 3.53. The molecule has 6 heteroatoms. The first kappa shape index (κ1) is 14.2. The van der Waals surface area contributed by atoms with E-state index in [4.69, 9.17) is 14.2 Å². The molecular weight excluding hydrogens is 268 g/mol. The fourth-order valence-corrected chi connectivity index (χ4v) is 2.28. The van der Waals surface area contributed by atoms with E-state index < -0.39 is 0 Å². The van der Waals surface area contributed by atoms with Gasteiger partial charge in [-0.3, -0.25) is 4.90 Å². The zero-order valence-corrected chi connectivity index (χ0v) is 12.0. The van der Waals surface area contributed by atoms with Crippen LogP contribution >= 0.6 is 12.4 Å². The predicted molar refractivity (Wildman–Crippen MR) is 74.5 cm³/mol. The summed E-state index contributed by atoms with van der Waals surface area (Å²) in [5, 5.41) is 3.28. The Kier molecular flexibility index (Phi) is 4.39. The fourth-order valence-electron chi connectivity index (χ4n) is 2.28. The summed E-state index contributed by atoms with van der Waals surface area (Å²) >= 11 is 0. The highest BCUT2D eigenvalue weighted by molar-refractivity contribution is 5.85. The number of rotatable bonds is 4. The lowest BCUT2D eigenvalue weighted by atomic mass is 10.1. The molecule has 0 unspecified atom stereocenters. The van der Waals surface area contributed by atoms with Gasteiger partial charge in [-0.05, 0) is 24.7 Å². The summed E-state index contributed by atoms with van der Waals surface area (Å²) in [6.45, 7) is 3.30. The number of hydrogen-bond acceptors (Lipinski definition) is 5. The maximum atomic E-state index is 5.43. The van der Waals surface area contributed by atoms with Crippen molar-refractivity contribution in [1.82, 2.24) is 10.2 Å². The average molecular weight is 287 g/mol. The highest BCUT2D eigenvalue weighted by Crippen LogP contribution is 2.42. The van der Waals surface area contributed by atoms with Crippen molar-refractivity contribution in [3.8, 4) is 17.2 Å². The van der Waals surface area contributed by atoms with Gasteiger partial charge in [0.25, 0.3) is 0 Å². The Morgan fingerprint density at radius 1 is 1.37 bits per heavy atom. The van der Waals surface area contributed by atoms with Gasteiger partial charge in [0.15, 0.2) is 11.5 Å². The van der Waals surface area contributed by atoms with E-state index in [1.807, 2.05) is 12.1 Å². The molecule has 2 aliphatic rings. The largest absolute Gasteiger partial charge is 0.493 e. The minimum absolute atomic E-state index is 0. The SMILES string of the molecule is COc1cc(CN(C)C2CNC2)cc2c1OCO2.Cl. The van der Waals surface area contributed by atoms with Gasteiger partial charge in [0.05, 0.1) is 7.11 Å². The van der Waals surface area contributed by atoms with E-state index in [0.29, 0.717) is 11.8 Å². The van der Waals surface area contributed by atoms with E-state index in [1.54, 1.807) is 7.11 Å². The van der Waals surface area contributed by atoms with Crippen molar-refractivity contribution in [3.05, 3.63) is 17.7 Å². The smallest absolute Gasteiger partial charge is 0.231 e. The highest BCUT2D eigenvalue weighted by atomic mass is 35.5. The Hall–Kier alpha value is -1.17. The van der Waals surface area contributed by atoms with E-state index in [1.165, 1.54) is 5.56 Å². The van der Waals surface area contributed by atoms with Crippen molar-refractivity contribution in [2.45, 2.75) is 12.6 Å². The van der Waals surface area contributed by atoms with E-state index in [0.717, 1.165) is 31.1 Å². The lowest BCUT2D eigenvalue weighted by Crippen LogP contribution is -2.55. The van der Waals surface area contributed by atoms with Gasteiger partial charge < -0.3 is 19.5 Å². The third-order valence-electron chi connectivity index (χ3n) is 3.53. The fraction of sp³-hybridized carbons (Fsp3) is 0.538. The van der Waals surface area contributed by atoms with Crippen LogP contribution in [0.2, 0.25) is 0 Å². The second kappa shape index (κ2) is 5.86. The summed E-state index contributed by atoms with van der Waals surface area (Å²) in [6, 6.07) is 4.69. The summed E-state index contributed by atoms with van der Waals surface area (Å²) in [5.41, 5.74) is 1.19. The number of halogens is 1. The van der Waals surface area contributed by atoms with E-state index in [9.17, 15) is 0 Å². The van der Waals surface area contributed by atoms with Crippen molar-refractivity contribution < 1.29 is 14.2 Å². The molecule has 2 aliphatic heterocycles. The Morgan fingerprint density at radius 3 is 2.79 bits per heavy atom. The Labute approximate surface area is 119 Å². The first-order valence-electron chi connectivity index (χ1n) is 6.15. The molecule has 0 spiro atoms. The number of fused-ring (bicyclic) bond motifs is 1. The monoisotopic (exact) mass is 286 g/mol. The molecular formula is C13H19ClN2O3. The molecule has 1 aromatic carbocycles. The first-order chi connectivity index (χ1) is 8.78. The summed E-state index contributed by atoms with van der Waals surface area (Å²) in [4.78, 5) is 2.34. The second-order valence-electron chi connectivity index (χ2n) is 4.76. The maximum Gasteiger partial charge on any atom is 0.231 e. The van der Waals surface area contributed by atoms with Crippen LogP contribution in [0.5, 0.6) is 17.2 Å². The van der Waals surface area contributed by atoms with Gasteiger partial charge in [0, 0.05) is 25.7 Å². The van der Waals surface area contributed by atoms with Gasteiger partial charge in [0.2, 0.25) is 12.5 Å². The van der Waals surface area contributed by atoms with Crippen LogP contribution in [0.15, 0.2) is 12.1 Å². The van der Waals surface area contributed by atoms with Gasteiger partial charge in [-0.2, -0.15) is 0 Å². The summed E-state index contributed by atoms with van der Waals surface area (Å²) < 4.78 is 16.2. The molecule has 106 valence electrons. The van der Waals surface area contributed by atoms with Gasteiger partial charge in [0.1, 0.15) is 0 Å². The van der Waals surface area contributed by atoms with Crippen LogP contribution in [0.25, 0.3) is 0 Å². The highest BCUT2D eigenvalue weighted by Gasteiger charge is 2.24. The van der Waals surface area contributed by atoms with Gasteiger partial charge in [-0.25, -0.2) is 0 Å². The zero-order valence-electron chi connectivity index (χ0n) is 11.1. The lowest BCUT2D eigenvalue weighted by molar-refractivity contribution is 0.170. The standard InChI is InChI=1S/C13H18N2O3.ClH/c1-15(10-5-14-6-10)7-9-3-11(16-2)13-12(4-9)17-8-18-13;/h3-4,10,14H,5-8H2,1-2H3;1H. The van der Waals surface area contributed by atoms with Gasteiger partial charge >= 0.3 is 0 Å². The van der Waals surface area contributed by atoms with E-state index >= 15 is 0 Å². The van der Waals surface area contributed by atoms with Gasteiger partial charge in [-0.15, -0.1) is 12.4 Å². The zero-order chi connectivity index (χ0) is 12.5. The maximum absolute atomic E-state index is 5.43. The number of nitrogens with one attached hydrogen (secondary N) is 1. The van der Waals surface area contributed by atoms with Crippen molar-refractivity contribution in [1.29, 1.82) is 0 Å². The van der Waals surface area contributed by atoms with Crippen molar-refractivity contribution in [2.24, 2.45) is 0 Å². The normalized spacial score (nSPS) is 17.0. The van der Waals surface area contributed by atoms with Crippen molar-refractivity contribution in [2.75, 3.05) is 34.0 Å². The second-order valence-corrected chi connectivity index (χ2v) is 4.76. The molecule has 0 aromatic heterocycles. The minimum Gasteiger partial charge on any atom is -0.493 e. The number of likely N-dealkylation sites (N-methyl/N-ethyl adjacent to an activating group) is 1. The summed E-state index contributed by atoms with van der Waals surface area (Å²) in [6.07, 6.45) is 0. The number of methoxy groups -OCH3 is 1. The van der Waals surface area contributed by atoms with Gasteiger partial charge in [-0.1, -0.05) is 0 Å². The topological polar surface area (TPSA) is 43.0 Å². The molecule has 0 aliphatic carbocycles. The molecule has 0 bridgehead atoms. The summed E-state index contributed by atoms with van der Waals surface area (Å²) in [5.74, 6) is 2.25. The van der Waals surface area contributed by atoms with Crippen LogP contribution in [0.4, 0.5) is 0 Å². The molecule has 1 fully saturated rings. The van der Waals surface area contributed by atoms with Crippen LogP contribution in [0, 0.1) is 0 Å². The molecule has 1 N–H and O–H groups in total. The molecule has 0 atom stereocenters. The number of hydrogen-bond donors (Lipinski definition) is 1. The van der Waals surface area contributed by atoms with Crippen LogP contribution < -0.4 is 19.5 Å². The number of benzene rings is 1. The third kappa shape index (κ3) is 2.73. The summed E-state index contributed by atoms with van der Waals surface area (Å²) in [7, 11) is 3.79. The van der Waals surface area contributed by atoms with Crippen LogP contribution in [0.1, 0.15) is 5.56 Å². The molecule has 1 aromatic rings. The molecule has 0 amide bonds. The van der Waals surface area contributed by atoms with E-state index in [2.05, 4.69) is 17.3 Å². The predicted octanol–water partition coefficient (Wildman–Crippen LogP) is 1.25. The molecule has 0 radical (unpaired) electrons. The Bertz CT molecular complexity index is 452. The molecule has 5 nitrogen and oxygen atoms in total. The molecule has 2 heterocycles. The molecule has 0 saturated carbocycles. The number of ether oxygens (including phenoxy) is 3. The number of nitrogens with zero attached hydrogens (tertiary/aromatic N) is 1. The molecule has 3 rings (SSSR count). The lowest BCUT2D eigenvalue weighted by Gasteiger charge is -2.35. The Morgan fingerprint density at radius 2 is 2.16 bits per heavy atom. The minimum atomic E-state index is 0. The van der Waals surface area contributed by atoms with Crippen LogP contribution in [0.3, 0.4) is 0 Å².